The van der Waals surface area contributed by atoms with Crippen LogP contribution < -0.4 is 0 Å². The van der Waals surface area contributed by atoms with Crippen molar-refractivity contribution in [2.45, 2.75) is 46.6 Å². The van der Waals surface area contributed by atoms with Crippen LogP contribution in [-0.2, 0) is 10.0 Å². The van der Waals surface area contributed by atoms with E-state index in [1.807, 2.05) is 34.6 Å². The average molecular weight is 263 g/mol. The highest BCUT2D eigenvalue weighted by Gasteiger charge is 2.48. The Morgan fingerprint density at radius 3 is 2.12 bits per heavy atom. The third kappa shape index (κ3) is 3.66. The standard InChI is InChI=1S/C12H25NO3S/c1-10(2)12(14)8-13(9-12)17(15,16)7-6-11(3,4)5/h10,14H,6-9H2,1-5H3. The van der Waals surface area contributed by atoms with E-state index in [0.29, 0.717) is 6.42 Å². The lowest BCUT2D eigenvalue weighted by Gasteiger charge is -2.48. The largest absolute Gasteiger partial charge is 0.387 e. The maximum atomic E-state index is 12.0. The second-order valence-corrected chi connectivity index (χ2v) is 8.74. The zero-order chi connectivity index (χ0) is 13.5. The lowest BCUT2D eigenvalue weighted by atomic mass is 9.85. The molecule has 0 aromatic rings. The molecule has 0 aliphatic carbocycles. The highest BCUT2D eigenvalue weighted by Crippen LogP contribution is 2.31. The molecule has 17 heavy (non-hydrogen) atoms. The first kappa shape index (κ1) is 14.9. The first-order chi connectivity index (χ1) is 7.46. The molecule has 1 fully saturated rings. The van der Waals surface area contributed by atoms with Crippen LogP contribution in [0.5, 0.6) is 0 Å². The molecule has 0 bridgehead atoms. The minimum atomic E-state index is -3.19. The number of β-amino-alcohol motifs (C(OH)–C–C–N with tert-alkyl or cyclic N) is 1. The molecule has 0 saturated carbocycles. The second-order valence-electron chi connectivity index (χ2n) is 6.65. The van der Waals surface area contributed by atoms with Crippen molar-refractivity contribution in [2.75, 3.05) is 18.8 Å². The molecule has 0 aromatic carbocycles. The van der Waals surface area contributed by atoms with Gasteiger partial charge in [0.25, 0.3) is 0 Å². The maximum Gasteiger partial charge on any atom is 0.214 e. The van der Waals surface area contributed by atoms with Crippen molar-refractivity contribution in [3.05, 3.63) is 0 Å². The van der Waals surface area contributed by atoms with Gasteiger partial charge in [0.2, 0.25) is 10.0 Å². The van der Waals surface area contributed by atoms with Gasteiger partial charge in [0.15, 0.2) is 0 Å². The van der Waals surface area contributed by atoms with Gasteiger partial charge in [0.1, 0.15) is 0 Å². The van der Waals surface area contributed by atoms with Crippen LogP contribution in [0.1, 0.15) is 41.0 Å². The summed E-state index contributed by atoms with van der Waals surface area (Å²) >= 11 is 0. The van der Waals surface area contributed by atoms with Crippen molar-refractivity contribution in [2.24, 2.45) is 11.3 Å². The normalized spacial score (nSPS) is 21.6. The molecule has 1 heterocycles. The molecule has 4 nitrogen and oxygen atoms in total. The van der Waals surface area contributed by atoms with Gasteiger partial charge in [-0.3, -0.25) is 0 Å². The third-order valence-corrected chi connectivity index (χ3v) is 5.24. The van der Waals surface area contributed by atoms with E-state index in [4.69, 9.17) is 0 Å². The molecule has 0 unspecified atom stereocenters. The molecule has 1 aliphatic rings. The fraction of sp³-hybridized carbons (Fsp3) is 1.00. The van der Waals surface area contributed by atoms with Gasteiger partial charge in [-0.25, -0.2) is 8.42 Å². The number of hydrogen-bond donors (Lipinski definition) is 1. The Labute approximate surface area is 105 Å². The van der Waals surface area contributed by atoms with Gasteiger partial charge < -0.3 is 5.11 Å². The van der Waals surface area contributed by atoms with Crippen LogP contribution in [0.2, 0.25) is 0 Å². The number of sulfonamides is 1. The van der Waals surface area contributed by atoms with Crippen molar-refractivity contribution in [3.8, 4) is 0 Å². The smallest absolute Gasteiger partial charge is 0.214 e. The third-order valence-electron chi connectivity index (χ3n) is 3.48. The molecule has 1 rings (SSSR count). The van der Waals surface area contributed by atoms with Gasteiger partial charge in [-0.05, 0) is 17.8 Å². The van der Waals surface area contributed by atoms with Gasteiger partial charge in [0, 0.05) is 13.1 Å². The summed E-state index contributed by atoms with van der Waals surface area (Å²) in [6, 6.07) is 0. The molecule has 102 valence electrons. The zero-order valence-electron chi connectivity index (χ0n) is 11.5. The summed E-state index contributed by atoms with van der Waals surface area (Å²) in [5.74, 6) is 0.265. The fourth-order valence-corrected chi connectivity index (χ4v) is 3.66. The van der Waals surface area contributed by atoms with Crippen LogP contribution in [0.4, 0.5) is 0 Å². The van der Waals surface area contributed by atoms with E-state index in [2.05, 4.69) is 0 Å². The molecule has 1 aliphatic heterocycles. The molecule has 0 radical (unpaired) electrons. The topological polar surface area (TPSA) is 57.6 Å². The molecule has 0 amide bonds. The minimum Gasteiger partial charge on any atom is -0.387 e. The Morgan fingerprint density at radius 2 is 1.76 bits per heavy atom. The minimum absolute atomic E-state index is 0.0201. The van der Waals surface area contributed by atoms with Crippen LogP contribution in [0, 0.1) is 11.3 Å². The summed E-state index contributed by atoms with van der Waals surface area (Å²) in [5.41, 5.74) is -0.804. The van der Waals surface area contributed by atoms with Crippen LogP contribution in [0.25, 0.3) is 0 Å². The zero-order valence-corrected chi connectivity index (χ0v) is 12.3. The second kappa shape index (κ2) is 4.52. The molecule has 1 saturated heterocycles. The highest BCUT2D eigenvalue weighted by atomic mass is 32.2. The summed E-state index contributed by atoms with van der Waals surface area (Å²) in [6.07, 6.45) is 0.645. The Balaban J connectivity index is 2.53. The van der Waals surface area contributed by atoms with Gasteiger partial charge in [-0.15, -0.1) is 0 Å². The lowest BCUT2D eigenvalue weighted by molar-refractivity contribution is -0.0932. The molecule has 5 heteroatoms. The van der Waals surface area contributed by atoms with Crippen LogP contribution in [-0.4, -0.2) is 42.3 Å². The predicted molar refractivity (Wildman–Crippen MR) is 69.2 cm³/mol. The summed E-state index contributed by atoms with van der Waals surface area (Å²) in [5, 5.41) is 10.0. The Morgan fingerprint density at radius 1 is 1.29 bits per heavy atom. The van der Waals surface area contributed by atoms with E-state index in [9.17, 15) is 13.5 Å². The van der Waals surface area contributed by atoms with Crippen molar-refractivity contribution < 1.29 is 13.5 Å². The molecule has 1 N–H and O–H groups in total. The number of rotatable bonds is 4. The summed E-state index contributed by atoms with van der Waals surface area (Å²) < 4.78 is 25.4. The van der Waals surface area contributed by atoms with E-state index >= 15 is 0 Å². The summed E-state index contributed by atoms with van der Waals surface area (Å²) in [4.78, 5) is 0. The number of nitrogens with zero attached hydrogens (tertiary/aromatic N) is 1. The molecular formula is C12H25NO3S. The molecule has 0 atom stereocenters. The van der Waals surface area contributed by atoms with E-state index < -0.39 is 15.6 Å². The molecule has 0 spiro atoms. The van der Waals surface area contributed by atoms with Crippen LogP contribution in [0.15, 0.2) is 0 Å². The Bertz CT molecular complexity index is 362. The van der Waals surface area contributed by atoms with Crippen LogP contribution in [0.3, 0.4) is 0 Å². The van der Waals surface area contributed by atoms with Crippen LogP contribution >= 0.6 is 0 Å². The maximum absolute atomic E-state index is 12.0. The summed E-state index contributed by atoms with van der Waals surface area (Å²) in [6.45, 7) is 10.4. The first-order valence-corrected chi connectivity index (χ1v) is 7.77. The van der Waals surface area contributed by atoms with Crippen molar-refractivity contribution >= 4 is 10.0 Å². The van der Waals surface area contributed by atoms with Crippen molar-refractivity contribution in [1.82, 2.24) is 4.31 Å². The Kier molecular flexibility index (Phi) is 3.97. The quantitative estimate of drug-likeness (QED) is 0.835. The fourth-order valence-electron chi connectivity index (χ4n) is 1.69. The van der Waals surface area contributed by atoms with Gasteiger partial charge in [-0.2, -0.15) is 4.31 Å². The average Bonchev–Trinajstić information content (AvgIpc) is 2.08. The van der Waals surface area contributed by atoms with Gasteiger partial charge in [-0.1, -0.05) is 34.6 Å². The number of hydrogen-bond acceptors (Lipinski definition) is 3. The van der Waals surface area contributed by atoms with Crippen molar-refractivity contribution in [1.29, 1.82) is 0 Å². The predicted octanol–water partition coefficient (Wildman–Crippen LogP) is 1.46. The van der Waals surface area contributed by atoms with Crippen molar-refractivity contribution in [3.63, 3.8) is 0 Å². The first-order valence-electron chi connectivity index (χ1n) is 6.16. The number of aliphatic hydroxyl groups is 1. The van der Waals surface area contributed by atoms with E-state index in [0.717, 1.165) is 0 Å². The van der Waals surface area contributed by atoms with Gasteiger partial charge >= 0.3 is 0 Å². The molecular weight excluding hydrogens is 238 g/mol. The molecule has 0 aromatic heterocycles. The highest BCUT2D eigenvalue weighted by molar-refractivity contribution is 7.89. The van der Waals surface area contributed by atoms with E-state index in [1.165, 1.54) is 4.31 Å². The van der Waals surface area contributed by atoms with E-state index in [-0.39, 0.29) is 30.2 Å². The Hall–Kier alpha value is -0.130. The lowest BCUT2D eigenvalue weighted by Crippen LogP contribution is -2.66. The SMILES string of the molecule is CC(C)C1(O)CN(S(=O)(=O)CCC(C)(C)C)C1. The monoisotopic (exact) mass is 263 g/mol. The van der Waals surface area contributed by atoms with Gasteiger partial charge in [0.05, 0.1) is 11.4 Å². The summed E-state index contributed by atoms with van der Waals surface area (Å²) in [7, 11) is -3.19. The van der Waals surface area contributed by atoms with E-state index in [1.54, 1.807) is 0 Å².